The van der Waals surface area contributed by atoms with Crippen LogP contribution in [0, 0.1) is 5.92 Å². The number of anilines is 1. The summed E-state index contributed by atoms with van der Waals surface area (Å²) in [5.41, 5.74) is 0.730. The van der Waals surface area contributed by atoms with Gasteiger partial charge in [0.05, 0.1) is 10.7 Å². The standard InChI is InChI=1S/C20H26ClN3O2.ClH/c21-16-4-1-2-6-18(16)24-9-3-5-17(20(24)26)23-19(25)12-13-10-14-7-8-15(11-13)22-14;/h1-2,4,6,13-15,17,22H,3,5,7-12H2,(H,23,25);1H. The number of piperidine rings is 2. The van der Waals surface area contributed by atoms with Gasteiger partial charge in [0.2, 0.25) is 11.8 Å². The Bertz CT molecular complexity index is 688. The molecule has 2 N–H and O–H groups in total. The smallest absolute Gasteiger partial charge is 0.249 e. The maximum Gasteiger partial charge on any atom is 0.249 e. The van der Waals surface area contributed by atoms with Crippen LogP contribution in [0.2, 0.25) is 5.02 Å². The summed E-state index contributed by atoms with van der Waals surface area (Å²) in [6.07, 6.45) is 6.71. The summed E-state index contributed by atoms with van der Waals surface area (Å²) < 4.78 is 0. The minimum atomic E-state index is -0.439. The van der Waals surface area contributed by atoms with Crippen LogP contribution in [0.15, 0.2) is 24.3 Å². The van der Waals surface area contributed by atoms with E-state index in [1.54, 1.807) is 11.0 Å². The molecule has 5 nitrogen and oxygen atoms in total. The van der Waals surface area contributed by atoms with E-state index < -0.39 is 6.04 Å². The molecule has 2 amide bonds. The molecule has 2 bridgehead atoms. The molecule has 4 rings (SSSR count). The summed E-state index contributed by atoms with van der Waals surface area (Å²) in [7, 11) is 0. The quantitative estimate of drug-likeness (QED) is 0.798. The molecule has 0 aromatic heterocycles. The fourth-order valence-electron chi connectivity index (χ4n) is 4.78. The van der Waals surface area contributed by atoms with Crippen molar-refractivity contribution in [2.75, 3.05) is 11.4 Å². The molecule has 148 valence electrons. The Morgan fingerprint density at radius 3 is 2.59 bits per heavy atom. The zero-order valence-electron chi connectivity index (χ0n) is 15.3. The highest BCUT2D eigenvalue weighted by atomic mass is 35.5. The molecule has 3 unspecified atom stereocenters. The lowest BCUT2D eigenvalue weighted by molar-refractivity contribution is -0.129. The van der Waals surface area contributed by atoms with Crippen LogP contribution in [0.5, 0.6) is 0 Å². The molecule has 3 atom stereocenters. The minimum absolute atomic E-state index is 0. The molecule has 0 spiro atoms. The molecule has 1 aromatic carbocycles. The monoisotopic (exact) mass is 411 g/mol. The first-order chi connectivity index (χ1) is 12.6. The first-order valence-corrected chi connectivity index (χ1v) is 10.1. The maximum atomic E-state index is 12.9. The zero-order chi connectivity index (χ0) is 18.1. The zero-order valence-corrected chi connectivity index (χ0v) is 16.9. The van der Waals surface area contributed by atoms with Crippen LogP contribution in [0.25, 0.3) is 0 Å². The molecule has 0 radical (unpaired) electrons. The Morgan fingerprint density at radius 1 is 1.19 bits per heavy atom. The van der Waals surface area contributed by atoms with E-state index in [4.69, 9.17) is 11.6 Å². The summed E-state index contributed by atoms with van der Waals surface area (Å²) >= 11 is 6.25. The molecule has 7 heteroatoms. The molecule has 1 aromatic rings. The molecule has 27 heavy (non-hydrogen) atoms. The maximum absolute atomic E-state index is 12.9. The van der Waals surface area contributed by atoms with E-state index in [0.29, 0.717) is 42.4 Å². The van der Waals surface area contributed by atoms with Crippen molar-refractivity contribution in [1.29, 1.82) is 0 Å². The lowest BCUT2D eigenvalue weighted by Gasteiger charge is -2.34. The number of amides is 2. The number of carbonyl (C=O) groups excluding carboxylic acids is 2. The van der Waals surface area contributed by atoms with E-state index in [1.165, 1.54) is 12.8 Å². The van der Waals surface area contributed by atoms with Gasteiger partial charge in [0.15, 0.2) is 0 Å². The van der Waals surface area contributed by atoms with Crippen LogP contribution < -0.4 is 15.5 Å². The van der Waals surface area contributed by atoms with Crippen molar-refractivity contribution in [3.05, 3.63) is 29.3 Å². The summed E-state index contributed by atoms with van der Waals surface area (Å²) in [4.78, 5) is 27.1. The summed E-state index contributed by atoms with van der Waals surface area (Å²) in [6.45, 7) is 0.645. The van der Waals surface area contributed by atoms with E-state index in [2.05, 4.69) is 10.6 Å². The number of halogens is 2. The second kappa shape index (κ2) is 8.80. The van der Waals surface area contributed by atoms with Crippen LogP contribution in [0.3, 0.4) is 0 Å². The number of nitrogens with one attached hydrogen (secondary N) is 2. The van der Waals surface area contributed by atoms with Gasteiger partial charge in [-0.25, -0.2) is 0 Å². The number of hydrogen-bond acceptors (Lipinski definition) is 3. The van der Waals surface area contributed by atoms with Gasteiger partial charge in [-0.2, -0.15) is 0 Å². The third-order valence-electron chi connectivity index (χ3n) is 5.96. The number of para-hydroxylation sites is 1. The Morgan fingerprint density at radius 2 is 1.89 bits per heavy atom. The van der Waals surface area contributed by atoms with E-state index in [-0.39, 0.29) is 24.2 Å². The summed E-state index contributed by atoms with van der Waals surface area (Å²) in [5.74, 6) is 0.394. The normalized spacial score (nSPS) is 30.0. The highest BCUT2D eigenvalue weighted by molar-refractivity contribution is 6.33. The van der Waals surface area contributed by atoms with Gasteiger partial charge in [-0.3, -0.25) is 9.59 Å². The number of carbonyl (C=O) groups is 2. The van der Waals surface area contributed by atoms with Crippen molar-refractivity contribution < 1.29 is 9.59 Å². The van der Waals surface area contributed by atoms with Gasteiger partial charge in [-0.1, -0.05) is 23.7 Å². The third-order valence-corrected chi connectivity index (χ3v) is 6.28. The second-order valence-electron chi connectivity index (χ2n) is 7.88. The first-order valence-electron chi connectivity index (χ1n) is 9.71. The fraction of sp³-hybridized carbons (Fsp3) is 0.600. The Kier molecular flexibility index (Phi) is 6.66. The lowest BCUT2D eigenvalue weighted by Crippen LogP contribution is -2.53. The number of rotatable bonds is 4. The van der Waals surface area contributed by atoms with E-state index in [0.717, 1.165) is 24.9 Å². The number of nitrogens with zero attached hydrogens (tertiary/aromatic N) is 1. The molecule has 3 heterocycles. The summed E-state index contributed by atoms with van der Waals surface area (Å²) in [6, 6.07) is 8.10. The van der Waals surface area contributed by atoms with E-state index in [9.17, 15) is 9.59 Å². The van der Waals surface area contributed by atoms with E-state index >= 15 is 0 Å². The van der Waals surface area contributed by atoms with Gasteiger partial charge in [-0.15, -0.1) is 12.4 Å². The topological polar surface area (TPSA) is 61.4 Å². The highest BCUT2D eigenvalue weighted by Gasteiger charge is 2.36. The van der Waals surface area contributed by atoms with Crippen molar-refractivity contribution in [3.8, 4) is 0 Å². The predicted molar refractivity (Wildman–Crippen MR) is 110 cm³/mol. The van der Waals surface area contributed by atoms with Crippen LogP contribution >= 0.6 is 24.0 Å². The highest BCUT2D eigenvalue weighted by Crippen LogP contribution is 2.33. The average molecular weight is 412 g/mol. The molecule has 3 aliphatic rings. The molecule has 3 fully saturated rings. The SMILES string of the molecule is Cl.O=C(CC1CC2CCC(C1)N2)NC1CCCN(c2ccccc2Cl)C1=O. The number of hydrogen-bond donors (Lipinski definition) is 2. The van der Waals surface area contributed by atoms with Crippen LogP contribution in [0.4, 0.5) is 5.69 Å². The fourth-order valence-corrected chi connectivity index (χ4v) is 5.01. The largest absolute Gasteiger partial charge is 0.344 e. The van der Waals surface area contributed by atoms with Gasteiger partial charge in [-0.05, 0) is 56.6 Å². The minimum Gasteiger partial charge on any atom is -0.344 e. The Labute approximate surface area is 171 Å². The van der Waals surface area contributed by atoms with Crippen molar-refractivity contribution in [2.45, 2.75) is 63.1 Å². The molecule has 0 saturated carbocycles. The molecular formula is C20H27Cl2N3O2. The lowest BCUT2D eigenvalue weighted by atomic mass is 9.89. The van der Waals surface area contributed by atoms with Gasteiger partial charge in [0, 0.05) is 25.0 Å². The van der Waals surface area contributed by atoms with Crippen molar-refractivity contribution in [3.63, 3.8) is 0 Å². The average Bonchev–Trinajstić information content (AvgIpc) is 2.96. The second-order valence-corrected chi connectivity index (χ2v) is 8.29. The predicted octanol–water partition coefficient (Wildman–Crippen LogP) is 3.29. The molecule has 3 aliphatic heterocycles. The van der Waals surface area contributed by atoms with Crippen molar-refractivity contribution in [2.24, 2.45) is 5.92 Å². The molecular weight excluding hydrogens is 385 g/mol. The summed E-state index contributed by atoms with van der Waals surface area (Å²) in [5, 5.41) is 7.17. The van der Waals surface area contributed by atoms with Crippen molar-refractivity contribution in [1.82, 2.24) is 10.6 Å². The van der Waals surface area contributed by atoms with E-state index in [1.807, 2.05) is 18.2 Å². The van der Waals surface area contributed by atoms with Crippen LogP contribution in [-0.4, -0.2) is 36.5 Å². The molecule has 0 aliphatic carbocycles. The van der Waals surface area contributed by atoms with Crippen LogP contribution in [0.1, 0.15) is 44.9 Å². The molecule has 3 saturated heterocycles. The van der Waals surface area contributed by atoms with Gasteiger partial charge >= 0.3 is 0 Å². The Hall–Kier alpha value is -1.30. The number of fused-ring (bicyclic) bond motifs is 2. The Balaban J connectivity index is 0.00000210. The van der Waals surface area contributed by atoms with Gasteiger partial charge < -0.3 is 15.5 Å². The van der Waals surface area contributed by atoms with Crippen LogP contribution in [-0.2, 0) is 9.59 Å². The number of benzene rings is 1. The third kappa shape index (κ3) is 4.58. The first kappa shape index (κ1) is 20.4. The van der Waals surface area contributed by atoms with Crippen molar-refractivity contribution >= 4 is 41.5 Å². The van der Waals surface area contributed by atoms with Gasteiger partial charge in [0.1, 0.15) is 6.04 Å². The van der Waals surface area contributed by atoms with Gasteiger partial charge in [0.25, 0.3) is 0 Å².